The van der Waals surface area contributed by atoms with Crippen LogP contribution in [0.5, 0.6) is 0 Å². The number of carbonyl (C=O) groups excluding carboxylic acids is 1. The van der Waals surface area contributed by atoms with Crippen LogP contribution in [0.4, 0.5) is 13.2 Å². The van der Waals surface area contributed by atoms with Gasteiger partial charge in [-0.15, -0.1) is 11.3 Å². The highest BCUT2D eigenvalue weighted by molar-refractivity contribution is 7.13. The number of alkyl halides is 3. The molecule has 0 N–H and O–H groups in total. The maximum atomic E-state index is 12.4. The highest BCUT2D eigenvalue weighted by atomic mass is 32.1. The molecule has 0 unspecified atom stereocenters. The van der Waals surface area contributed by atoms with Crippen LogP contribution in [0.15, 0.2) is 30.3 Å². The molecule has 1 aromatic carbocycles. The Morgan fingerprint density at radius 1 is 1.27 bits per heavy atom. The summed E-state index contributed by atoms with van der Waals surface area (Å²) in [4.78, 5) is 17.3. The minimum atomic E-state index is -4.41. The van der Waals surface area contributed by atoms with Gasteiger partial charge in [0.15, 0.2) is 0 Å². The van der Waals surface area contributed by atoms with Crippen molar-refractivity contribution < 1.29 is 18.0 Å². The SMILES string of the molecule is Cc1nc(Cc2ccccc2)sc1C(=O)N(C)CC(F)(F)F. The molecule has 0 aliphatic carbocycles. The van der Waals surface area contributed by atoms with E-state index in [4.69, 9.17) is 0 Å². The molecular formula is C15H15F3N2OS. The number of hydrogen-bond acceptors (Lipinski definition) is 3. The molecule has 2 rings (SSSR count). The molecule has 0 aliphatic rings. The summed E-state index contributed by atoms with van der Waals surface area (Å²) in [6.45, 7) is 0.372. The van der Waals surface area contributed by atoms with Gasteiger partial charge in [-0.2, -0.15) is 13.2 Å². The third-order valence-electron chi connectivity index (χ3n) is 3.00. The summed E-state index contributed by atoms with van der Waals surface area (Å²) in [6, 6.07) is 9.58. The number of thiazole rings is 1. The molecule has 7 heteroatoms. The van der Waals surface area contributed by atoms with Crippen LogP contribution >= 0.6 is 11.3 Å². The number of halogens is 3. The Balaban J connectivity index is 2.14. The van der Waals surface area contributed by atoms with Crippen molar-refractivity contribution in [3.63, 3.8) is 0 Å². The second kappa shape index (κ2) is 6.48. The average molecular weight is 328 g/mol. The van der Waals surface area contributed by atoms with Crippen molar-refractivity contribution in [3.8, 4) is 0 Å². The van der Waals surface area contributed by atoms with E-state index in [1.54, 1.807) is 6.92 Å². The number of rotatable bonds is 4. The first-order valence-corrected chi connectivity index (χ1v) is 7.40. The monoisotopic (exact) mass is 328 g/mol. The highest BCUT2D eigenvalue weighted by Crippen LogP contribution is 2.24. The zero-order valence-corrected chi connectivity index (χ0v) is 13.0. The minimum Gasteiger partial charge on any atom is -0.332 e. The molecule has 0 atom stereocenters. The number of hydrogen-bond donors (Lipinski definition) is 0. The molecule has 0 saturated heterocycles. The zero-order valence-electron chi connectivity index (χ0n) is 12.1. The molecule has 1 amide bonds. The van der Waals surface area contributed by atoms with Gasteiger partial charge >= 0.3 is 6.18 Å². The quantitative estimate of drug-likeness (QED) is 0.858. The van der Waals surface area contributed by atoms with Crippen LogP contribution in [-0.2, 0) is 6.42 Å². The van der Waals surface area contributed by atoms with Gasteiger partial charge in [0.2, 0.25) is 0 Å². The van der Waals surface area contributed by atoms with Crippen LogP contribution in [0.25, 0.3) is 0 Å². The summed E-state index contributed by atoms with van der Waals surface area (Å²) in [5, 5.41) is 0.715. The lowest BCUT2D eigenvalue weighted by Crippen LogP contribution is -2.35. The molecule has 3 nitrogen and oxygen atoms in total. The molecule has 2 aromatic rings. The van der Waals surface area contributed by atoms with E-state index in [0.29, 0.717) is 22.0 Å². The van der Waals surface area contributed by atoms with Gasteiger partial charge in [0.25, 0.3) is 5.91 Å². The van der Waals surface area contributed by atoms with E-state index >= 15 is 0 Å². The van der Waals surface area contributed by atoms with Crippen LogP contribution < -0.4 is 0 Å². The fraction of sp³-hybridized carbons (Fsp3) is 0.333. The van der Waals surface area contributed by atoms with E-state index in [9.17, 15) is 18.0 Å². The smallest absolute Gasteiger partial charge is 0.332 e. The molecule has 118 valence electrons. The summed E-state index contributed by atoms with van der Waals surface area (Å²) in [5.74, 6) is -0.647. The number of benzene rings is 1. The Hall–Kier alpha value is -1.89. The highest BCUT2D eigenvalue weighted by Gasteiger charge is 2.32. The van der Waals surface area contributed by atoms with Gasteiger partial charge in [0, 0.05) is 13.5 Å². The Morgan fingerprint density at radius 2 is 1.91 bits per heavy atom. The normalized spacial score (nSPS) is 11.5. The van der Waals surface area contributed by atoms with Gasteiger partial charge in [0.1, 0.15) is 11.4 Å². The molecular weight excluding hydrogens is 313 g/mol. The van der Waals surface area contributed by atoms with Crippen molar-refractivity contribution in [1.82, 2.24) is 9.88 Å². The fourth-order valence-corrected chi connectivity index (χ4v) is 3.10. The van der Waals surface area contributed by atoms with Crippen molar-refractivity contribution in [1.29, 1.82) is 0 Å². The van der Waals surface area contributed by atoms with E-state index in [1.807, 2.05) is 30.3 Å². The molecule has 0 aliphatic heterocycles. The number of carbonyl (C=O) groups is 1. The van der Waals surface area contributed by atoms with E-state index in [-0.39, 0.29) is 4.88 Å². The second-order valence-electron chi connectivity index (χ2n) is 4.96. The van der Waals surface area contributed by atoms with Crippen LogP contribution in [0.3, 0.4) is 0 Å². The summed E-state index contributed by atoms with van der Waals surface area (Å²) < 4.78 is 37.1. The van der Waals surface area contributed by atoms with Gasteiger partial charge < -0.3 is 4.90 Å². The van der Waals surface area contributed by atoms with Crippen LogP contribution in [0, 0.1) is 6.92 Å². The van der Waals surface area contributed by atoms with Crippen LogP contribution in [0.1, 0.15) is 25.9 Å². The van der Waals surface area contributed by atoms with Crippen molar-refractivity contribution in [2.24, 2.45) is 0 Å². The Bertz CT molecular complexity index is 653. The van der Waals surface area contributed by atoms with Crippen LogP contribution in [-0.4, -0.2) is 35.6 Å². The number of amides is 1. The number of aryl methyl sites for hydroxylation is 1. The molecule has 1 heterocycles. The molecule has 1 aromatic heterocycles. The molecule has 0 bridgehead atoms. The largest absolute Gasteiger partial charge is 0.406 e. The summed E-state index contributed by atoms with van der Waals surface area (Å²) in [5.41, 5.74) is 1.51. The number of aromatic nitrogens is 1. The van der Waals surface area contributed by atoms with E-state index in [2.05, 4.69) is 4.98 Å². The summed E-state index contributed by atoms with van der Waals surface area (Å²) >= 11 is 1.15. The van der Waals surface area contributed by atoms with Crippen molar-refractivity contribution in [2.75, 3.05) is 13.6 Å². The summed E-state index contributed by atoms with van der Waals surface area (Å²) in [6.07, 6.45) is -3.85. The average Bonchev–Trinajstić information content (AvgIpc) is 2.78. The lowest BCUT2D eigenvalue weighted by molar-refractivity contribution is -0.138. The molecule has 0 radical (unpaired) electrons. The van der Waals surface area contributed by atoms with Gasteiger partial charge in [0.05, 0.1) is 10.7 Å². The minimum absolute atomic E-state index is 0.262. The Morgan fingerprint density at radius 3 is 2.50 bits per heavy atom. The second-order valence-corrected chi connectivity index (χ2v) is 6.04. The molecule has 0 fully saturated rings. The van der Waals surface area contributed by atoms with E-state index in [1.165, 1.54) is 0 Å². The van der Waals surface area contributed by atoms with Crippen molar-refractivity contribution in [3.05, 3.63) is 51.5 Å². The molecule has 0 saturated carbocycles. The Labute approximate surface area is 130 Å². The fourth-order valence-electron chi connectivity index (χ4n) is 2.01. The first-order valence-electron chi connectivity index (χ1n) is 6.58. The maximum Gasteiger partial charge on any atom is 0.406 e. The van der Waals surface area contributed by atoms with Crippen molar-refractivity contribution >= 4 is 17.2 Å². The first-order chi connectivity index (χ1) is 10.3. The Kier molecular flexibility index (Phi) is 4.85. The first kappa shape index (κ1) is 16.5. The molecule has 22 heavy (non-hydrogen) atoms. The third-order valence-corrected chi connectivity index (χ3v) is 4.14. The predicted molar refractivity (Wildman–Crippen MR) is 79.1 cm³/mol. The predicted octanol–water partition coefficient (Wildman–Crippen LogP) is 3.68. The zero-order chi connectivity index (χ0) is 16.3. The lowest BCUT2D eigenvalue weighted by Gasteiger charge is -2.18. The van der Waals surface area contributed by atoms with E-state index < -0.39 is 18.6 Å². The van der Waals surface area contributed by atoms with Gasteiger partial charge in [-0.25, -0.2) is 4.98 Å². The van der Waals surface area contributed by atoms with Gasteiger partial charge in [-0.3, -0.25) is 4.79 Å². The summed E-state index contributed by atoms with van der Waals surface area (Å²) in [7, 11) is 1.14. The van der Waals surface area contributed by atoms with Gasteiger partial charge in [-0.1, -0.05) is 30.3 Å². The van der Waals surface area contributed by atoms with Crippen molar-refractivity contribution in [2.45, 2.75) is 19.5 Å². The number of nitrogens with zero attached hydrogens (tertiary/aromatic N) is 2. The maximum absolute atomic E-state index is 12.4. The standard InChI is InChI=1S/C15H15F3N2OS/c1-10-13(14(21)20(2)9-15(16,17)18)22-12(19-10)8-11-6-4-3-5-7-11/h3-7H,8-9H2,1-2H3. The van der Waals surface area contributed by atoms with Gasteiger partial charge in [-0.05, 0) is 12.5 Å². The lowest BCUT2D eigenvalue weighted by atomic mass is 10.2. The van der Waals surface area contributed by atoms with Crippen LogP contribution in [0.2, 0.25) is 0 Å². The topological polar surface area (TPSA) is 33.2 Å². The third kappa shape index (κ3) is 4.30. The molecule has 0 spiro atoms. The van der Waals surface area contributed by atoms with E-state index in [0.717, 1.165) is 23.9 Å².